The van der Waals surface area contributed by atoms with Crippen molar-refractivity contribution >= 4 is 5.78 Å². The molecular formula is C17H19NO2. The lowest BCUT2D eigenvalue weighted by Crippen LogP contribution is -2.11. The van der Waals surface area contributed by atoms with Gasteiger partial charge in [-0.25, -0.2) is 4.98 Å². The first-order valence-electron chi connectivity index (χ1n) is 6.58. The lowest BCUT2D eigenvalue weighted by molar-refractivity contribution is 0.103. The molecule has 0 N–H and O–H groups in total. The molecule has 0 radical (unpaired) electrons. The molecule has 3 heteroatoms. The van der Waals surface area contributed by atoms with Gasteiger partial charge in [0.15, 0.2) is 0 Å². The molecule has 0 amide bonds. The van der Waals surface area contributed by atoms with Crippen LogP contribution in [0.25, 0.3) is 0 Å². The number of nitrogens with zero attached hydrogens (tertiary/aromatic N) is 1. The molecule has 0 aliphatic carbocycles. The molecule has 0 saturated carbocycles. The number of aromatic nitrogens is 1. The van der Waals surface area contributed by atoms with E-state index in [1.165, 1.54) is 12.7 Å². The molecule has 2 aromatic rings. The Bertz CT molecular complexity index is 610. The first-order valence-corrected chi connectivity index (χ1v) is 6.58. The van der Waals surface area contributed by atoms with Gasteiger partial charge in [0.05, 0.1) is 7.11 Å². The highest BCUT2D eigenvalue weighted by atomic mass is 16.5. The second-order valence-electron chi connectivity index (χ2n) is 5.72. The molecule has 20 heavy (non-hydrogen) atoms. The zero-order chi connectivity index (χ0) is 14.8. The summed E-state index contributed by atoms with van der Waals surface area (Å²) in [5, 5.41) is 0. The Morgan fingerprint density at radius 1 is 1.05 bits per heavy atom. The van der Waals surface area contributed by atoms with Crippen molar-refractivity contribution in [2.75, 3.05) is 7.11 Å². The van der Waals surface area contributed by atoms with E-state index >= 15 is 0 Å². The number of methoxy groups -OCH3 is 1. The van der Waals surface area contributed by atoms with Crippen molar-refractivity contribution in [2.24, 2.45) is 0 Å². The van der Waals surface area contributed by atoms with Crippen molar-refractivity contribution in [1.29, 1.82) is 0 Å². The highest BCUT2D eigenvalue weighted by Crippen LogP contribution is 2.23. The summed E-state index contributed by atoms with van der Waals surface area (Å²) in [4.78, 5) is 16.5. The number of ketones is 1. The highest BCUT2D eigenvalue weighted by molar-refractivity contribution is 6.07. The minimum atomic E-state index is -0.0932. The monoisotopic (exact) mass is 269 g/mol. The number of carbonyl (C=O) groups is 1. The fourth-order valence-corrected chi connectivity index (χ4v) is 1.92. The van der Waals surface area contributed by atoms with Crippen molar-refractivity contribution < 1.29 is 9.53 Å². The molecule has 3 nitrogen and oxygen atoms in total. The summed E-state index contributed by atoms with van der Waals surface area (Å²) in [7, 11) is 1.54. The molecule has 2 rings (SSSR count). The van der Waals surface area contributed by atoms with Gasteiger partial charge in [0.1, 0.15) is 5.69 Å². The molecule has 104 valence electrons. The van der Waals surface area contributed by atoms with Gasteiger partial charge in [-0.05, 0) is 17.0 Å². The van der Waals surface area contributed by atoms with Crippen LogP contribution in [0.3, 0.4) is 0 Å². The first-order chi connectivity index (χ1) is 9.41. The fourth-order valence-electron chi connectivity index (χ4n) is 1.92. The molecule has 0 aliphatic heterocycles. The maximum Gasteiger partial charge on any atom is 0.213 e. The largest absolute Gasteiger partial charge is 0.481 e. The topological polar surface area (TPSA) is 39.2 Å². The van der Waals surface area contributed by atoms with E-state index in [1.54, 1.807) is 18.2 Å². The molecule has 1 aromatic carbocycles. The molecule has 0 unspecified atom stereocenters. The standard InChI is InChI=1S/C17H19NO2/c1-17(2,3)13-10-8-12(9-11-13)16(19)14-6-5-7-15(18-14)20-4/h5-11H,1-4H3. The predicted octanol–water partition coefficient (Wildman–Crippen LogP) is 3.62. The molecule has 0 atom stereocenters. The zero-order valence-corrected chi connectivity index (χ0v) is 12.3. The van der Waals surface area contributed by atoms with Crippen molar-refractivity contribution in [3.05, 3.63) is 59.3 Å². The van der Waals surface area contributed by atoms with Crippen molar-refractivity contribution in [3.8, 4) is 5.88 Å². The number of hydrogen-bond acceptors (Lipinski definition) is 3. The maximum absolute atomic E-state index is 12.4. The van der Waals surface area contributed by atoms with Gasteiger partial charge in [-0.3, -0.25) is 4.79 Å². The quantitative estimate of drug-likeness (QED) is 0.799. The van der Waals surface area contributed by atoms with Gasteiger partial charge in [0, 0.05) is 11.6 Å². The number of rotatable bonds is 3. The third kappa shape index (κ3) is 3.05. The van der Waals surface area contributed by atoms with Gasteiger partial charge >= 0.3 is 0 Å². The van der Waals surface area contributed by atoms with E-state index in [0.29, 0.717) is 17.1 Å². The maximum atomic E-state index is 12.4. The summed E-state index contributed by atoms with van der Waals surface area (Å²) in [6.07, 6.45) is 0. The van der Waals surface area contributed by atoms with Crippen LogP contribution in [0.4, 0.5) is 0 Å². The number of hydrogen-bond donors (Lipinski definition) is 0. The number of benzene rings is 1. The van der Waals surface area contributed by atoms with E-state index < -0.39 is 0 Å². The van der Waals surface area contributed by atoms with Crippen LogP contribution in [0, 0.1) is 0 Å². The summed E-state index contributed by atoms with van der Waals surface area (Å²) >= 11 is 0. The summed E-state index contributed by atoms with van der Waals surface area (Å²) in [6.45, 7) is 6.44. The van der Waals surface area contributed by atoms with E-state index in [4.69, 9.17) is 4.74 Å². The van der Waals surface area contributed by atoms with Gasteiger partial charge in [-0.1, -0.05) is 51.1 Å². The SMILES string of the molecule is COc1cccc(C(=O)c2ccc(C(C)(C)C)cc2)n1. The average Bonchev–Trinajstić information content (AvgIpc) is 2.46. The fraction of sp³-hybridized carbons (Fsp3) is 0.294. The van der Waals surface area contributed by atoms with E-state index in [-0.39, 0.29) is 11.2 Å². The van der Waals surface area contributed by atoms with Crippen LogP contribution >= 0.6 is 0 Å². The molecule has 0 spiro atoms. The van der Waals surface area contributed by atoms with Gasteiger partial charge in [0.25, 0.3) is 0 Å². The molecule has 0 saturated heterocycles. The molecule has 0 aliphatic rings. The lowest BCUT2D eigenvalue weighted by Gasteiger charge is -2.18. The van der Waals surface area contributed by atoms with E-state index in [1.807, 2.05) is 24.3 Å². The molecule has 0 bridgehead atoms. The van der Waals surface area contributed by atoms with Crippen molar-refractivity contribution in [2.45, 2.75) is 26.2 Å². The van der Waals surface area contributed by atoms with Crippen LogP contribution in [0.1, 0.15) is 42.4 Å². The Balaban J connectivity index is 2.29. The summed E-state index contributed by atoms with van der Waals surface area (Å²) in [5.74, 6) is 0.353. The third-order valence-corrected chi connectivity index (χ3v) is 3.18. The first kappa shape index (κ1) is 14.3. The zero-order valence-electron chi connectivity index (χ0n) is 12.3. The van der Waals surface area contributed by atoms with Crippen LogP contribution in [0.5, 0.6) is 5.88 Å². The van der Waals surface area contributed by atoms with Crippen LogP contribution in [0.15, 0.2) is 42.5 Å². The van der Waals surface area contributed by atoms with Gasteiger partial charge in [-0.2, -0.15) is 0 Å². The number of ether oxygens (including phenoxy) is 1. The second kappa shape index (κ2) is 5.45. The normalized spacial score (nSPS) is 11.2. The highest BCUT2D eigenvalue weighted by Gasteiger charge is 2.15. The van der Waals surface area contributed by atoms with Gasteiger partial charge in [0.2, 0.25) is 11.7 Å². The summed E-state index contributed by atoms with van der Waals surface area (Å²) in [5.41, 5.74) is 2.31. The molecule has 1 aromatic heterocycles. The van der Waals surface area contributed by atoms with Crippen LogP contribution in [0.2, 0.25) is 0 Å². The Labute approximate surface area is 119 Å². The Morgan fingerprint density at radius 2 is 1.70 bits per heavy atom. The molecule has 0 fully saturated rings. The summed E-state index contributed by atoms with van der Waals surface area (Å²) in [6, 6.07) is 12.9. The lowest BCUT2D eigenvalue weighted by atomic mass is 9.86. The Kier molecular flexibility index (Phi) is 3.89. The smallest absolute Gasteiger partial charge is 0.213 e. The average molecular weight is 269 g/mol. The Hall–Kier alpha value is -2.16. The van der Waals surface area contributed by atoms with Crippen molar-refractivity contribution in [3.63, 3.8) is 0 Å². The predicted molar refractivity (Wildman–Crippen MR) is 79.4 cm³/mol. The minimum Gasteiger partial charge on any atom is -0.481 e. The van der Waals surface area contributed by atoms with E-state index in [2.05, 4.69) is 25.8 Å². The van der Waals surface area contributed by atoms with E-state index in [0.717, 1.165) is 0 Å². The van der Waals surface area contributed by atoms with Crippen LogP contribution in [-0.4, -0.2) is 17.9 Å². The third-order valence-electron chi connectivity index (χ3n) is 3.18. The Morgan fingerprint density at radius 3 is 2.25 bits per heavy atom. The molecular weight excluding hydrogens is 250 g/mol. The summed E-state index contributed by atoms with van der Waals surface area (Å²) < 4.78 is 5.04. The van der Waals surface area contributed by atoms with Crippen molar-refractivity contribution in [1.82, 2.24) is 4.98 Å². The van der Waals surface area contributed by atoms with Crippen LogP contribution in [-0.2, 0) is 5.41 Å². The number of carbonyl (C=O) groups excluding carboxylic acids is 1. The van der Waals surface area contributed by atoms with Gasteiger partial charge < -0.3 is 4.74 Å². The number of pyridine rings is 1. The van der Waals surface area contributed by atoms with Crippen LogP contribution < -0.4 is 4.74 Å². The van der Waals surface area contributed by atoms with Gasteiger partial charge in [-0.15, -0.1) is 0 Å². The van der Waals surface area contributed by atoms with E-state index in [9.17, 15) is 4.79 Å². The minimum absolute atomic E-state index is 0.0792. The second-order valence-corrected chi connectivity index (χ2v) is 5.72. The molecule has 1 heterocycles.